The summed E-state index contributed by atoms with van der Waals surface area (Å²) in [6, 6.07) is 21.1. The van der Waals surface area contributed by atoms with Gasteiger partial charge in [0.1, 0.15) is 23.8 Å². The molecule has 3 aromatic heterocycles. The molecule has 2 aliphatic rings. The molecule has 1 radical (unpaired) electrons. The molecular formula is C36H33ClF2N7O2Si. The van der Waals surface area contributed by atoms with Crippen molar-refractivity contribution in [3.8, 4) is 5.88 Å². The van der Waals surface area contributed by atoms with E-state index in [1.54, 1.807) is 24.4 Å². The number of benzene rings is 3. The molecule has 49 heavy (non-hydrogen) atoms. The van der Waals surface area contributed by atoms with Crippen LogP contribution in [0.4, 0.5) is 14.5 Å². The average Bonchev–Trinajstić information content (AvgIpc) is 3.70. The number of ether oxygens (including phenoxy) is 1. The first-order valence-corrected chi connectivity index (χ1v) is 18.4. The molecule has 0 bridgehead atoms. The zero-order valence-corrected chi connectivity index (χ0v) is 28.3. The quantitative estimate of drug-likeness (QED) is 0.138. The lowest BCUT2D eigenvalue weighted by Crippen LogP contribution is -2.37. The molecule has 6 aromatic rings. The SMILES string of the molecule is Fc1cc(Cl)ccc1COc1cccc(C2=CCN(Cc3nc4ccc(CNc5cc(F)c6[nH]ncc6c5)cc4n3C[Si]3CCO3)CC2)n1. The van der Waals surface area contributed by atoms with E-state index in [1.165, 1.54) is 12.1 Å². The second-order valence-corrected chi connectivity index (χ2v) is 14.9. The molecule has 0 atom stereocenters. The van der Waals surface area contributed by atoms with Gasteiger partial charge in [-0.25, -0.2) is 18.7 Å². The first-order valence-electron chi connectivity index (χ1n) is 16.2. The van der Waals surface area contributed by atoms with E-state index < -0.39 is 14.9 Å². The minimum Gasteiger partial charge on any atom is -0.473 e. The van der Waals surface area contributed by atoms with Crippen LogP contribution in [0.5, 0.6) is 5.88 Å². The minimum atomic E-state index is -0.906. The molecule has 0 saturated carbocycles. The van der Waals surface area contributed by atoms with Crippen molar-refractivity contribution in [2.75, 3.05) is 25.0 Å². The number of imidazole rings is 1. The highest BCUT2D eigenvalue weighted by Gasteiger charge is 2.26. The highest BCUT2D eigenvalue weighted by atomic mass is 35.5. The number of hydrogen-bond acceptors (Lipinski definition) is 7. The van der Waals surface area contributed by atoms with Crippen molar-refractivity contribution in [3.05, 3.63) is 118 Å². The van der Waals surface area contributed by atoms with Crippen molar-refractivity contribution in [2.45, 2.75) is 38.3 Å². The van der Waals surface area contributed by atoms with Gasteiger partial charge in [-0.3, -0.25) is 10.00 Å². The van der Waals surface area contributed by atoms with Gasteiger partial charge in [0.05, 0.1) is 29.5 Å². The lowest BCUT2D eigenvalue weighted by atomic mass is 10.0. The average molecular weight is 697 g/mol. The van der Waals surface area contributed by atoms with E-state index in [0.717, 1.165) is 77.4 Å². The normalized spacial score (nSPS) is 15.4. The number of halogens is 3. The third-order valence-electron chi connectivity index (χ3n) is 9.01. The zero-order valence-electron chi connectivity index (χ0n) is 26.6. The Morgan fingerprint density at radius 2 is 1.96 bits per heavy atom. The van der Waals surface area contributed by atoms with Crippen LogP contribution in [0.25, 0.3) is 27.5 Å². The molecule has 1 fully saturated rings. The lowest BCUT2D eigenvalue weighted by Gasteiger charge is -2.28. The summed E-state index contributed by atoms with van der Waals surface area (Å²) in [6.45, 7) is 3.80. The number of pyridine rings is 1. The van der Waals surface area contributed by atoms with Crippen molar-refractivity contribution < 1.29 is 17.9 Å². The van der Waals surface area contributed by atoms with Crippen molar-refractivity contribution in [2.24, 2.45) is 0 Å². The summed E-state index contributed by atoms with van der Waals surface area (Å²) in [5.74, 6) is 0.747. The Kier molecular flexibility index (Phi) is 8.85. The molecule has 249 valence electrons. The molecule has 13 heteroatoms. The molecule has 0 aliphatic carbocycles. The Labute approximate surface area is 288 Å². The largest absolute Gasteiger partial charge is 0.473 e. The zero-order chi connectivity index (χ0) is 33.3. The summed E-state index contributed by atoms with van der Waals surface area (Å²) in [5.41, 5.74) is 6.69. The summed E-state index contributed by atoms with van der Waals surface area (Å²) < 4.78 is 42.8. The molecule has 9 nitrogen and oxygen atoms in total. The highest BCUT2D eigenvalue weighted by molar-refractivity contribution is 6.53. The Morgan fingerprint density at radius 3 is 2.78 bits per heavy atom. The van der Waals surface area contributed by atoms with Crippen LogP contribution in [-0.4, -0.2) is 58.4 Å². The molecule has 0 amide bonds. The predicted molar refractivity (Wildman–Crippen MR) is 187 cm³/mol. The van der Waals surface area contributed by atoms with E-state index >= 15 is 0 Å². The van der Waals surface area contributed by atoms with Gasteiger partial charge in [0.2, 0.25) is 14.9 Å². The summed E-state index contributed by atoms with van der Waals surface area (Å²) >= 11 is 5.87. The van der Waals surface area contributed by atoms with Crippen LogP contribution in [0.1, 0.15) is 29.1 Å². The Balaban J connectivity index is 0.954. The van der Waals surface area contributed by atoms with Crippen LogP contribution < -0.4 is 10.1 Å². The number of anilines is 1. The van der Waals surface area contributed by atoms with E-state index in [2.05, 4.69) is 49.3 Å². The second kappa shape index (κ2) is 13.7. The number of nitrogens with zero attached hydrogens (tertiary/aromatic N) is 5. The first kappa shape index (κ1) is 31.6. The van der Waals surface area contributed by atoms with Gasteiger partial charge in [-0.05, 0) is 66.1 Å². The fourth-order valence-corrected chi connectivity index (χ4v) is 7.85. The second-order valence-electron chi connectivity index (χ2n) is 12.3. The molecule has 0 unspecified atom stereocenters. The van der Waals surface area contributed by atoms with Crippen molar-refractivity contribution in [3.63, 3.8) is 0 Å². The first-order chi connectivity index (χ1) is 23.9. The van der Waals surface area contributed by atoms with E-state index in [1.807, 2.05) is 18.2 Å². The Morgan fingerprint density at radius 1 is 1.04 bits per heavy atom. The number of aromatic nitrogens is 5. The summed E-state index contributed by atoms with van der Waals surface area (Å²) in [7, 11) is -0.906. The van der Waals surface area contributed by atoms with Crippen molar-refractivity contribution >= 4 is 53.8 Å². The maximum atomic E-state index is 14.5. The van der Waals surface area contributed by atoms with Crippen LogP contribution in [0.2, 0.25) is 11.1 Å². The standard InChI is InChI=1S/C36H33ClF2N7O2Si/c37-27-6-5-25(29(38)16-27)21-47-35-3-1-2-31(43-35)24-8-10-45(11-9-24)20-34-42-32-7-4-23(14-33(32)46(34)22-49-13-12-48-49)18-40-28-15-26-19-41-44-36(26)30(39)17-28/h1-8,14-17,19,40H,9-13,18,20-22H2,(H,41,44). The third kappa shape index (κ3) is 6.95. The Bertz CT molecular complexity index is 2180. The van der Waals surface area contributed by atoms with Crippen LogP contribution in [-0.2, 0) is 30.3 Å². The fraction of sp³-hybridized carbons (Fsp3) is 0.250. The molecule has 1 saturated heterocycles. The molecule has 0 spiro atoms. The number of hydrogen-bond donors (Lipinski definition) is 2. The lowest BCUT2D eigenvalue weighted by molar-refractivity contribution is 0.265. The van der Waals surface area contributed by atoms with Gasteiger partial charge in [-0.1, -0.05) is 35.9 Å². The van der Waals surface area contributed by atoms with Gasteiger partial charge in [-0.15, -0.1) is 0 Å². The van der Waals surface area contributed by atoms with Gasteiger partial charge in [0.25, 0.3) is 0 Å². The predicted octanol–water partition coefficient (Wildman–Crippen LogP) is 7.28. The summed E-state index contributed by atoms with van der Waals surface area (Å²) in [6.07, 6.45) is 5.53. The van der Waals surface area contributed by atoms with Gasteiger partial charge < -0.3 is 19.0 Å². The fourth-order valence-electron chi connectivity index (χ4n) is 6.24. The third-order valence-corrected chi connectivity index (χ3v) is 11.3. The monoisotopic (exact) mass is 696 g/mol. The van der Waals surface area contributed by atoms with E-state index in [-0.39, 0.29) is 12.4 Å². The van der Waals surface area contributed by atoms with E-state index in [9.17, 15) is 8.78 Å². The van der Waals surface area contributed by atoms with E-state index in [0.29, 0.717) is 40.8 Å². The molecule has 2 N–H and O–H groups in total. The van der Waals surface area contributed by atoms with Crippen molar-refractivity contribution in [1.29, 1.82) is 0 Å². The maximum absolute atomic E-state index is 14.5. The molecule has 2 aliphatic heterocycles. The molecular weight excluding hydrogens is 664 g/mol. The smallest absolute Gasteiger partial charge is 0.234 e. The van der Waals surface area contributed by atoms with Crippen LogP contribution >= 0.6 is 11.6 Å². The van der Waals surface area contributed by atoms with Crippen LogP contribution in [0, 0.1) is 11.6 Å². The molecule has 3 aromatic carbocycles. The summed E-state index contributed by atoms with van der Waals surface area (Å²) in [5, 5.41) is 11.1. The Hall–Kier alpha value is -4.62. The van der Waals surface area contributed by atoms with Crippen LogP contribution in [0.3, 0.4) is 0 Å². The maximum Gasteiger partial charge on any atom is 0.234 e. The highest BCUT2D eigenvalue weighted by Crippen LogP contribution is 2.27. The van der Waals surface area contributed by atoms with Gasteiger partial charge in [0, 0.05) is 60.1 Å². The number of nitrogens with one attached hydrogen (secondary N) is 2. The number of rotatable bonds is 11. The van der Waals surface area contributed by atoms with Gasteiger partial charge in [-0.2, -0.15) is 5.10 Å². The summed E-state index contributed by atoms with van der Waals surface area (Å²) in [4.78, 5) is 12.2. The van der Waals surface area contributed by atoms with E-state index in [4.69, 9.17) is 30.7 Å². The number of fused-ring (bicyclic) bond motifs is 2. The van der Waals surface area contributed by atoms with Gasteiger partial charge in [0.15, 0.2) is 5.82 Å². The topological polar surface area (TPSA) is 93.1 Å². The van der Waals surface area contributed by atoms with Crippen LogP contribution in [0.15, 0.2) is 79.0 Å². The van der Waals surface area contributed by atoms with Gasteiger partial charge >= 0.3 is 0 Å². The molecule has 5 heterocycles. The number of H-pyrrole nitrogens is 1. The number of aromatic amines is 1. The molecule has 8 rings (SSSR count). The minimum absolute atomic E-state index is 0.0710. The van der Waals surface area contributed by atoms with Crippen molar-refractivity contribution in [1.82, 2.24) is 29.6 Å².